The van der Waals surface area contributed by atoms with Gasteiger partial charge in [0.25, 0.3) is 0 Å². The number of nitrogens with one attached hydrogen (secondary N) is 1. The molecule has 3 aromatic rings. The molecular formula is C15H14N4. The van der Waals surface area contributed by atoms with E-state index in [1.807, 2.05) is 36.4 Å². The Morgan fingerprint density at radius 2 is 1.63 bits per heavy atom. The summed E-state index contributed by atoms with van der Waals surface area (Å²) in [6, 6.07) is 15.5. The lowest BCUT2D eigenvalue weighted by Gasteiger charge is -2.09. The highest BCUT2D eigenvalue weighted by Crippen LogP contribution is 2.24. The highest BCUT2D eigenvalue weighted by atomic mass is 14.9. The van der Waals surface area contributed by atoms with Gasteiger partial charge in [0.2, 0.25) is 0 Å². The molecule has 1 heterocycles. The first-order valence-electron chi connectivity index (χ1n) is 5.99. The number of pyridine rings is 1. The third kappa shape index (κ3) is 2.28. The molecule has 0 fully saturated rings. The summed E-state index contributed by atoms with van der Waals surface area (Å²) in [4.78, 5) is 4.29. The predicted molar refractivity (Wildman–Crippen MR) is 80.3 cm³/mol. The Kier molecular flexibility index (Phi) is 2.68. The molecule has 0 amide bonds. The molecule has 0 saturated carbocycles. The van der Waals surface area contributed by atoms with Crippen molar-refractivity contribution in [3.63, 3.8) is 0 Å². The minimum absolute atomic E-state index is 0.576. The maximum atomic E-state index is 5.79. The summed E-state index contributed by atoms with van der Waals surface area (Å²) in [6.07, 6.45) is 1.79. The number of hydrogen-bond acceptors (Lipinski definition) is 4. The SMILES string of the molecule is Nc1ccc(Nc2ccc3ncccc3c2)cc1N. The first-order valence-corrected chi connectivity index (χ1v) is 5.99. The Hall–Kier alpha value is -2.75. The van der Waals surface area contributed by atoms with Crippen LogP contribution in [0.25, 0.3) is 10.9 Å². The smallest absolute Gasteiger partial charge is 0.0703 e. The van der Waals surface area contributed by atoms with E-state index in [9.17, 15) is 0 Å². The molecule has 0 unspecified atom stereocenters. The second kappa shape index (κ2) is 4.49. The molecule has 0 aliphatic carbocycles. The molecule has 94 valence electrons. The van der Waals surface area contributed by atoms with E-state index in [1.165, 1.54) is 0 Å². The summed E-state index contributed by atoms with van der Waals surface area (Å²) in [5.74, 6) is 0. The average molecular weight is 250 g/mol. The lowest BCUT2D eigenvalue weighted by molar-refractivity contribution is 1.41. The van der Waals surface area contributed by atoms with Gasteiger partial charge in [0.05, 0.1) is 16.9 Å². The number of anilines is 4. The van der Waals surface area contributed by atoms with E-state index in [4.69, 9.17) is 11.5 Å². The third-order valence-corrected chi connectivity index (χ3v) is 2.98. The van der Waals surface area contributed by atoms with Crippen molar-refractivity contribution in [1.29, 1.82) is 0 Å². The van der Waals surface area contributed by atoms with Crippen molar-refractivity contribution in [2.24, 2.45) is 0 Å². The Bertz CT molecular complexity index is 737. The highest BCUT2D eigenvalue weighted by molar-refractivity contribution is 5.83. The summed E-state index contributed by atoms with van der Waals surface area (Å²) < 4.78 is 0. The van der Waals surface area contributed by atoms with E-state index >= 15 is 0 Å². The first kappa shape index (κ1) is 11.3. The standard InChI is InChI=1S/C15H14N4/c16-13-5-3-12(9-14(13)17)19-11-4-6-15-10(8-11)2-1-7-18-15/h1-9,19H,16-17H2. The van der Waals surface area contributed by atoms with Gasteiger partial charge in [0, 0.05) is 23.0 Å². The van der Waals surface area contributed by atoms with Gasteiger partial charge in [-0.3, -0.25) is 4.98 Å². The van der Waals surface area contributed by atoms with Crippen LogP contribution in [0.5, 0.6) is 0 Å². The number of aromatic nitrogens is 1. The van der Waals surface area contributed by atoms with E-state index in [2.05, 4.69) is 16.4 Å². The van der Waals surface area contributed by atoms with Gasteiger partial charge < -0.3 is 16.8 Å². The van der Waals surface area contributed by atoms with Gasteiger partial charge in [0.15, 0.2) is 0 Å². The van der Waals surface area contributed by atoms with Crippen molar-refractivity contribution >= 4 is 33.7 Å². The maximum Gasteiger partial charge on any atom is 0.0703 e. The number of benzene rings is 2. The molecule has 0 saturated heterocycles. The predicted octanol–water partition coefficient (Wildman–Crippen LogP) is 3.14. The molecule has 5 N–H and O–H groups in total. The number of nitrogens with two attached hydrogens (primary N) is 2. The number of nitrogens with zero attached hydrogens (tertiary/aromatic N) is 1. The van der Waals surface area contributed by atoms with Crippen LogP contribution in [0.4, 0.5) is 22.7 Å². The molecule has 2 aromatic carbocycles. The molecule has 1 aromatic heterocycles. The molecule has 0 aliphatic rings. The van der Waals surface area contributed by atoms with Crippen LogP contribution in [-0.4, -0.2) is 4.98 Å². The Balaban J connectivity index is 1.94. The zero-order chi connectivity index (χ0) is 13.2. The quantitative estimate of drug-likeness (QED) is 0.611. The Labute approximate surface area is 111 Å². The van der Waals surface area contributed by atoms with Crippen LogP contribution in [0.3, 0.4) is 0 Å². The molecule has 0 radical (unpaired) electrons. The van der Waals surface area contributed by atoms with Crippen LogP contribution >= 0.6 is 0 Å². The molecule has 0 bridgehead atoms. The fourth-order valence-electron chi connectivity index (χ4n) is 1.97. The van der Waals surface area contributed by atoms with Crippen molar-refractivity contribution in [2.75, 3.05) is 16.8 Å². The molecule has 4 nitrogen and oxygen atoms in total. The summed E-state index contributed by atoms with van der Waals surface area (Å²) in [7, 11) is 0. The second-order valence-electron chi connectivity index (χ2n) is 4.38. The van der Waals surface area contributed by atoms with Gasteiger partial charge in [0.1, 0.15) is 0 Å². The molecule has 0 atom stereocenters. The van der Waals surface area contributed by atoms with Gasteiger partial charge in [-0.1, -0.05) is 6.07 Å². The molecular weight excluding hydrogens is 236 g/mol. The monoisotopic (exact) mass is 250 g/mol. The fourth-order valence-corrected chi connectivity index (χ4v) is 1.97. The molecule has 0 spiro atoms. The summed E-state index contributed by atoms with van der Waals surface area (Å²) >= 11 is 0. The van der Waals surface area contributed by atoms with Gasteiger partial charge in [-0.05, 0) is 42.5 Å². The van der Waals surface area contributed by atoms with E-state index in [-0.39, 0.29) is 0 Å². The average Bonchev–Trinajstić information content (AvgIpc) is 2.43. The molecule has 4 heteroatoms. The summed E-state index contributed by atoms with van der Waals surface area (Å²) in [5, 5.41) is 4.39. The molecule has 0 aliphatic heterocycles. The zero-order valence-electron chi connectivity index (χ0n) is 10.3. The van der Waals surface area contributed by atoms with Crippen LogP contribution in [0.2, 0.25) is 0 Å². The highest BCUT2D eigenvalue weighted by Gasteiger charge is 2.00. The normalized spacial score (nSPS) is 10.5. The van der Waals surface area contributed by atoms with Gasteiger partial charge >= 0.3 is 0 Å². The number of nitrogen functional groups attached to an aromatic ring is 2. The second-order valence-corrected chi connectivity index (χ2v) is 4.38. The zero-order valence-corrected chi connectivity index (χ0v) is 10.3. The summed E-state index contributed by atoms with van der Waals surface area (Å²) in [6.45, 7) is 0. The van der Waals surface area contributed by atoms with Crippen LogP contribution in [0.15, 0.2) is 54.7 Å². The van der Waals surface area contributed by atoms with Gasteiger partial charge in [-0.15, -0.1) is 0 Å². The number of rotatable bonds is 2. The van der Waals surface area contributed by atoms with Crippen LogP contribution in [-0.2, 0) is 0 Å². The lowest BCUT2D eigenvalue weighted by atomic mass is 10.2. The Morgan fingerprint density at radius 3 is 2.47 bits per heavy atom. The third-order valence-electron chi connectivity index (χ3n) is 2.98. The van der Waals surface area contributed by atoms with E-state index in [0.717, 1.165) is 22.3 Å². The van der Waals surface area contributed by atoms with E-state index in [1.54, 1.807) is 12.3 Å². The van der Waals surface area contributed by atoms with Crippen LogP contribution < -0.4 is 16.8 Å². The van der Waals surface area contributed by atoms with Gasteiger partial charge in [-0.25, -0.2) is 0 Å². The van der Waals surface area contributed by atoms with E-state index in [0.29, 0.717) is 11.4 Å². The largest absolute Gasteiger partial charge is 0.397 e. The molecule has 3 rings (SSSR count). The first-order chi connectivity index (χ1) is 9.22. The lowest BCUT2D eigenvalue weighted by Crippen LogP contribution is -1.96. The molecule has 19 heavy (non-hydrogen) atoms. The van der Waals surface area contributed by atoms with Gasteiger partial charge in [-0.2, -0.15) is 0 Å². The van der Waals surface area contributed by atoms with Crippen molar-refractivity contribution < 1.29 is 0 Å². The number of hydrogen-bond donors (Lipinski definition) is 3. The maximum absolute atomic E-state index is 5.79. The van der Waals surface area contributed by atoms with Crippen molar-refractivity contribution in [3.8, 4) is 0 Å². The minimum atomic E-state index is 0.576. The summed E-state index contributed by atoms with van der Waals surface area (Å²) in [5.41, 5.74) is 15.5. The topological polar surface area (TPSA) is 77.0 Å². The van der Waals surface area contributed by atoms with Crippen LogP contribution in [0.1, 0.15) is 0 Å². The van der Waals surface area contributed by atoms with E-state index < -0.39 is 0 Å². The van der Waals surface area contributed by atoms with Crippen molar-refractivity contribution in [1.82, 2.24) is 4.98 Å². The Morgan fingerprint density at radius 1 is 0.842 bits per heavy atom. The fraction of sp³-hybridized carbons (Fsp3) is 0. The minimum Gasteiger partial charge on any atom is -0.397 e. The van der Waals surface area contributed by atoms with Crippen LogP contribution in [0, 0.1) is 0 Å². The number of fused-ring (bicyclic) bond motifs is 1. The van der Waals surface area contributed by atoms with Crippen molar-refractivity contribution in [2.45, 2.75) is 0 Å². The van der Waals surface area contributed by atoms with Crippen molar-refractivity contribution in [3.05, 3.63) is 54.7 Å².